The summed E-state index contributed by atoms with van der Waals surface area (Å²) in [4.78, 5) is 16.6. The Hall–Kier alpha value is -2.31. The molecule has 21 heavy (non-hydrogen) atoms. The number of nitrogens with zero attached hydrogens (tertiary/aromatic N) is 3. The number of hydrogen-bond acceptors (Lipinski definition) is 5. The number of H-pyrrole nitrogens is 1. The second kappa shape index (κ2) is 4.91. The van der Waals surface area contributed by atoms with Crippen LogP contribution in [0.1, 0.15) is 11.5 Å². The molecule has 3 aromatic rings. The SMILES string of the molecule is c1ccc(C2(c3nc4ccncc4[nH]3)CNCCO2)nc1. The van der Waals surface area contributed by atoms with Gasteiger partial charge in [-0.25, -0.2) is 4.98 Å². The summed E-state index contributed by atoms with van der Waals surface area (Å²) in [5.41, 5.74) is 1.95. The van der Waals surface area contributed by atoms with Crippen molar-refractivity contribution in [2.24, 2.45) is 0 Å². The van der Waals surface area contributed by atoms with Crippen LogP contribution >= 0.6 is 0 Å². The van der Waals surface area contributed by atoms with Crippen molar-refractivity contribution < 1.29 is 4.74 Å². The number of ether oxygens (including phenoxy) is 1. The van der Waals surface area contributed by atoms with Crippen molar-refractivity contribution in [1.29, 1.82) is 0 Å². The van der Waals surface area contributed by atoms with Crippen LogP contribution in [0.25, 0.3) is 11.0 Å². The Morgan fingerprint density at radius 1 is 1.19 bits per heavy atom. The van der Waals surface area contributed by atoms with Gasteiger partial charge >= 0.3 is 0 Å². The number of aromatic amines is 1. The summed E-state index contributed by atoms with van der Waals surface area (Å²) in [6.07, 6.45) is 5.29. The Labute approximate surface area is 121 Å². The molecule has 0 amide bonds. The number of nitrogens with one attached hydrogen (secondary N) is 2. The predicted molar refractivity (Wildman–Crippen MR) is 77.7 cm³/mol. The zero-order valence-corrected chi connectivity index (χ0v) is 11.4. The van der Waals surface area contributed by atoms with E-state index >= 15 is 0 Å². The summed E-state index contributed by atoms with van der Waals surface area (Å²) in [6, 6.07) is 7.72. The molecule has 1 saturated heterocycles. The van der Waals surface area contributed by atoms with E-state index in [9.17, 15) is 0 Å². The number of aromatic nitrogens is 4. The number of rotatable bonds is 2. The van der Waals surface area contributed by atoms with Gasteiger partial charge < -0.3 is 15.0 Å². The molecule has 4 rings (SSSR count). The van der Waals surface area contributed by atoms with Crippen LogP contribution in [0.15, 0.2) is 42.9 Å². The average Bonchev–Trinajstić information content (AvgIpc) is 3.01. The average molecular weight is 281 g/mol. The van der Waals surface area contributed by atoms with Crippen molar-refractivity contribution in [3.8, 4) is 0 Å². The Morgan fingerprint density at radius 2 is 2.19 bits per heavy atom. The van der Waals surface area contributed by atoms with E-state index < -0.39 is 5.60 Å². The molecular formula is C15H15N5O. The third-order valence-electron chi connectivity index (χ3n) is 3.75. The van der Waals surface area contributed by atoms with Gasteiger partial charge in [0.05, 0.1) is 29.5 Å². The summed E-state index contributed by atoms with van der Waals surface area (Å²) < 4.78 is 6.13. The highest BCUT2D eigenvalue weighted by atomic mass is 16.5. The highest BCUT2D eigenvalue weighted by Crippen LogP contribution is 2.32. The van der Waals surface area contributed by atoms with Crippen molar-refractivity contribution in [2.75, 3.05) is 19.7 Å². The molecule has 6 nitrogen and oxygen atoms in total. The van der Waals surface area contributed by atoms with Gasteiger partial charge in [0.1, 0.15) is 5.82 Å². The van der Waals surface area contributed by atoms with Crippen molar-refractivity contribution in [3.05, 3.63) is 54.4 Å². The lowest BCUT2D eigenvalue weighted by atomic mass is 9.96. The van der Waals surface area contributed by atoms with Crippen LogP contribution < -0.4 is 5.32 Å². The van der Waals surface area contributed by atoms with Crippen LogP contribution in [-0.2, 0) is 10.3 Å². The molecule has 0 spiro atoms. The van der Waals surface area contributed by atoms with E-state index in [1.165, 1.54) is 0 Å². The Kier molecular flexibility index (Phi) is 2.90. The van der Waals surface area contributed by atoms with E-state index in [0.29, 0.717) is 13.2 Å². The van der Waals surface area contributed by atoms with Crippen LogP contribution in [0.2, 0.25) is 0 Å². The molecule has 106 valence electrons. The summed E-state index contributed by atoms with van der Waals surface area (Å²) in [6.45, 7) is 2.08. The molecule has 1 aliphatic rings. The molecule has 1 atom stereocenters. The first kappa shape index (κ1) is 12.4. The molecule has 6 heteroatoms. The second-order valence-electron chi connectivity index (χ2n) is 5.05. The highest BCUT2D eigenvalue weighted by Gasteiger charge is 2.41. The Morgan fingerprint density at radius 3 is 2.95 bits per heavy atom. The number of hydrogen-bond donors (Lipinski definition) is 2. The second-order valence-corrected chi connectivity index (χ2v) is 5.05. The minimum absolute atomic E-state index is 0.617. The topological polar surface area (TPSA) is 75.7 Å². The molecule has 1 fully saturated rings. The van der Waals surface area contributed by atoms with Crippen LogP contribution in [0, 0.1) is 0 Å². The summed E-state index contributed by atoms with van der Waals surface area (Å²) in [7, 11) is 0. The van der Waals surface area contributed by atoms with E-state index in [1.807, 2.05) is 24.3 Å². The zero-order valence-electron chi connectivity index (χ0n) is 11.4. The molecule has 0 radical (unpaired) electrons. The molecule has 1 unspecified atom stereocenters. The van der Waals surface area contributed by atoms with E-state index in [-0.39, 0.29) is 0 Å². The van der Waals surface area contributed by atoms with Gasteiger partial charge in [-0.05, 0) is 18.2 Å². The number of morpholine rings is 1. The van der Waals surface area contributed by atoms with Gasteiger partial charge in [-0.2, -0.15) is 0 Å². The van der Waals surface area contributed by atoms with Gasteiger partial charge in [-0.3, -0.25) is 9.97 Å². The lowest BCUT2D eigenvalue weighted by Gasteiger charge is -2.35. The first-order valence-corrected chi connectivity index (χ1v) is 6.95. The Balaban J connectivity index is 1.89. The number of pyridine rings is 2. The van der Waals surface area contributed by atoms with Gasteiger partial charge in [0.2, 0.25) is 0 Å². The molecule has 2 N–H and O–H groups in total. The minimum Gasteiger partial charge on any atom is -0.358 e. The number of imidazole rings is 1. The van der Waals surface area contributed by atoms with Crippen LogP contribution in [-0.4, -0.2) is 39.6 Å². The van der Waals surface area contributed by atoms with E-state index in [0.717, 1.165) is 29.1 Å². The standard InChI is InChI=1S/C15H15N5O/c1-2-5-18-13(3-1)15(10-17-7-8-21-15)14-19-11-4-6-16-9-12(11)20-14/h1-6,9,17H,7-8,10H2,(H,19,20). The minimum atomic E-state index is -0.682. The van der Waals surface area contributed by atoms with Gasteiger partial charge in [0, 0.05) is 25.5 Å². The molecule has 1 aliphatic heterocycles. The maximum Gasteiger partial charge on any atom is 0.179 e. The van der Waals surface area contributed by atoms with Gasteiger partial charge in [0.25, 0.3) is 0 Å². The highest BCUT2D eigenvalue weighted by molar-refractivity contribution is 5.73. The smallest absolute Gasteiger partial charge is 0.179 e. The fraction of sp³-hybridized carbons (Fsp3) is 0.267. The first-order chi connectivity index (χ1) is 10.4. The van der Waals surface area contributed by atoms with E-state index in [2.05, 4.69) is 25.3 Å². The molecule has 4 heterocycles. The molecule has 3 aromatic heterocycles. The summed E-state index contributed by atoms with van der Waals surface area (Å²) >= 11 is 0. The molecule has 0 bridgehead atoms. The normalized spacial score (nSPS) is 22.5. The van der Waals surface area contributed by atoms with Crippen molar-refractivity contribution in [1.82, 2.24) is 25.3 Å². The van der Waals surface area contributed by atoms with Crippen molar-refractivity contribution in [3.63, 3.8) is 0 Å². The van der Waals surface area contributed by atoms with Crippen LogP contribution in [0.5, 0.6) is 0 Å². The quantitative estimate of drug-likeness (QED) is 0.738. The maximum absolute atomic E-state index is 6.13. The van der Waals surface area contributed by atoms with E-state index in [1.54, 1.807) is 18.6 Å². The molecule has 0 aliphatic carbocycles. The largest absolute Gasteiger partial charge is 0.358 e. The predicted octanol–water partition coefficient (Wildman–Crippen LogP) is 1.22. The van der Waals surface area contributed by atoms with Gasteiger partial charge in [-0.15, -0.1) is 0 Å². The van der Waals surface area contributed by atoms with E-state index in [4.69, 9.17) is 4.74 Å². The Bertz CT molecular complexity index is 716. The summed E-state index contributed by atoms with van der Waals surface area (Å²) in [5, 5.41) is 3.38. The fourth-order valence-electron chi connectivity index (χ4n) is 2.70. The third kappa shape index (κ3) is 2.00. The fourth-order valence-corrected chi connectivity index (χ4v) is 2.70. The summed E-state index contributed by atoms with van der Waals surface area (Å²) in [5.74, 6) is 0.761. The first-order valence-electron chi connectivity index (χ1n) is 6.95. The maximum atomic E-state index is 6.13. The molecular weight excluding hydrogens is 266 g/mol. The van der Waals surface area contributed by atoms with Gasteiger partial charge in [0.15, 0.2) is 5.60 Å². The lowest BCUT2D eigenvalue weighted by Crippen LogP contribution is -2.49. The van der Waals surface area contributed by atoms with Crippen molar-refractivity contribution in [2.45, 2.75) is 5.60 Å². The van der Waals surface area contributed by atoms with Crippen molar-refractivity contribution >= 4 is 11.0 Å². The lowest BCUT2D eigenvalue weighted by molar-refractivity contribution is -0.0484. The van der Waals surface area contributed by atoms with Gasteiger partial charge in [-0.1, -0.05) is 6.07 Å². The third-order valence-corrected chi connectivity index (χ3v) is 3.75. The van der Waals surface area contributed by atoms with Crippen LogP contribution in [0.3, 0.4) is 0 Å². The number of fused-ring (bicyclic) bond motifs is 1. The molecule has 0 aromatic carbocycles. The molecule has 0 saturated carbocycles. The monoisotopic (exact) mass is 281 g/mol. The zero-order chi connectivity index (χ0) is 14.1. The van der Waals surface area contributed by atoms with Crippen LogP contribution in [0.4, 0.5) is 0 Å².